The third-order valence-electron chi connectivity index (χ3n) is 3.47. The zero-order valence-electron chi connectivity index (χ0n) is 11.6. The van der Waals surface area contributed by atoms with E-state index < -0.39 is 0 Å². The van der Waals surface area contributed by atoms with Gasteiger partial charge in [0.1, 0.15) is 17.7 Å². The van der Waals surface area contributed by atoms with Crippen LogP contribution in [0, 0.1) is 0 Å². The summed E-state index contributed by atoms with van der Waals surface area (Å²) in [6, 6.07) is 9.80. The van der Waals surface area contributed by atoms with E-state index in [1.54, 1.807) is 4.68 Å². The lowest BCUT2D eigenvalue weighted by molar-refractivity contribution is 0.00745. The number of nitrogens with zero attached hydrogens (tertiary/aromatic N) is 2. The van der Waals surface area contributed by atoms with Crippen LogP contribution in [0.4, 0.5) is 5.82 Å². The first-order chi connectivity index (χ1) is 9.72. The molecule has 5 heteroatoms. The molecule has 1 aliphatic heterocycles. The van der Waals surface area contributed by atoms with Crippen LogP contribution in [-0.2, 0) is 11.8 Å². The minimum atomic E-state index is 0.146. The van der Waals surface area contributed by atoms with Crippen molar-refractivity contribution in [2.45, 2.75) is 18.9 Å². The lowest BCUT2D eigenvalue weighted by Gasteiger charge is -2.23. The van der Waals surface area contributed by atoms with Crippen LogP contribution in [0.15, 0.2) is 30.3 Å². The van der Waals surface area contributed by atoms with Crippen molar-refractivity contribution in [3.05, 3.63) is 30.3 Å². The summed E-state index contributed by atoms with van der Waals surface area (Å²) in [7, 11) is 1.83. The number of nitrogen functional groups attached to an aromatic ring is 1. The number of nitrogens with two attached hydrogens (primary N) is 1. The molecule has 1 fully saturated rings. The SMILES string of the molecule is Cn1nc(-c2cccc(OC3CCCOC3)c2)cc1N. The number of hydrogen-bond acceptors (Lipinski definition) is 4. The Balaban J connectivity index is 1.78. The van der Waals surface area contributed by atoms with Gasteiger partial charge in [0.25, 0.3) is 0 Å². The lowest BCUT2D eigenvalue weighted by atomic mass is 10.1. The van der Waals surface area contributed by atoms with E-state index in [1.807, 2.05) is 37.4 Å². The molecule has 5 nitrogen and oxygen atoms in total. The topological polar surface area (TPSA) is 62.3 Å². The molecule has 1 saturated heterocycles. The molecule has 0 bridgehead atoms. The highest BCUT2D eigenvalue weighted by Gasteiger charge is 2.15. The molecule has 2 aromatic rings. The summed E-state index contributed by atoms with van der Waals surface area (Å²) in [6.07, 6.45) is 2.25. The fourth-order valence-electron chi connectivity index (χ4n) is 2.35. The largest absolute Gasteiger partial charge is 0.488 e. The second kappa shape index (κ2) is 5.54. The molecule has 0 spiro atoms. The van der Waals surface area contributed by atoms with Crippen molar-refractivity contribution in [3.63, 3.8) is 0 Å². The Hall–Kier alpha value is -2.01. The van der Waals surface area contributed by atoms with Crippen LogP contribution in [0.3, 0.4) is 0 Å². The summed E-state index contributed by atoms with van der Waals surface area (Å²) >= 11 is 0. The lowest BCUT2D eigenvalue weighted by Crippen LogP contribution is -2.27. The molecule has 106 valence electrons. The molecule has 0 aliphatic carbocycles. The van der Waals surface area contributed by atoms with Gasteiger partial charge in [-0.2, -0.15) is 5.10 Å². The molecule has 0 saturated carbocycles. The molecule has 1 unspecified atom stereocenters. The first-order valence-electron chi connectivity index (χ1n) is 6.87. The van der Waals surface area contributed by atoms with Gasteiger partial charge in [-0.1, -0.05) is 12.1 Å². The van der Waals surface area contributed by atoms with Crippen LogP contribution in [0.25, 0.3) is 11.3 Å². The zero-order valence-corrected chi connectivity index (χ0v) is 11.6. The Labute approximate surface area is 118 Å². The van der Waals surface area contributed by atoms with E-state index in [9.17, 15) is 0 Å². The molecule has 0 amide bonds. The molecule has 20 heavy (non-hydrogen) atoms. The third kappa shape index (κ3) is 2.77. The van der Waals surface area contributed by atoms with E-state index in [2.05, 4.69) is 5.10 Å². The molecule has 2 N–H and O–H groups in total. The fourth-order valence-corrected chi connectivity index (χ4v) is 2.35. The maximum Gasteiger partial charge on any atom is 0.122 e. The molecular weight excluding hydrogens is 254 g/mol. The first kappa shape index (κ1) is 13.0. The number of anilines is 1. The number of benzene rings is 1. The van der Waals surface area contributed by atoms with Gasteiger partial charge in [-0.25, -0.2) is 0 Å². The smallest absolute Gasteiger partial charge is 0.122 e. The summed E-state index contributed by atoms with van der Waals surface area (Å²) in [5, 5.41) is 4.38. The Morgan fingerprint density at radius 2 is 2.30 bits per heavy atom. The van der Waals surface area contributed by atoms with Crippen LogP contribution in [0.1, 0.15) is 12.8 Å². The summed E-state index contributed by atoms with van der Waals surface area (Å²) in [5.74, 6) is 1.49. The molecular formula is C15H19N3O2. The van der Waals surface area contributed by atoms with E-state index in [0.29, 0.717) is 12.4 Å². The van der Waals surface area contributed by atoms with Crippen molar-refractivity contribution in [1.82, 2.24) is 9.78 Å². The highest BCUT2D eigenvalue weighted by atomic mass is 16.5. The first-order valence-corrected chi connectivity index (χ1v) is 6.87. The Kier molecular flexibility index (Phi) is 3.60. The van der Waals surface area contributed by atoms with Crippen LogP contribution in [0.2, 0.25) is 0 Å². The van der Waals surface area contributed by atoms with Gasteiger partial charge in [-0.15, -0.1) is 0 Å². The molecule has 0 radical (unpaired) electrons. The van der Waals surface area contributed by atoms with E-state index in [0.717, 1.165) is 36.5 Å². The van der Waals surface area contributed by atoms with Crippen LogP contribution >= 0.6 is 0 Å². The normalized spacial score (nSPS) is 18.9. The van der Waals surface area contributed by atoms with Gasteiger partial charge >= 0.3 is 0 Å². The number of ether oxygens (including phenoxy) is 2. The number of aromatic nitrogens is 2. The molecule has 3 rings (SSSR count). The Morgan fingerprint density at radius 3 is 3.00 bits per heavy atom. The monoisotopic (exact) mass is 273 g/mol. The van der Waals surface area contributed by atoms with Crippen molar-refractivity contribution in [1.29, 1.82) is 0 Å². The van der Waals surface area contributed by atoms with Crippen molar-refractivity contribution < 1.29 is 9.47 Å². The minimum Gasteiger partial charge on any atom is -0.488 e. The van der Waals surface area contributed by atoms with Gasteiger partial charge in [0.2, 0.25) is 0 Å². The number of hydrogen-bond donors (Lipinski definition) is 1. The Bertz CT molecular complexity index is 569. The molecule has 1 atom stereocenters. The predicted molar refractivity (Wildman–Crippen MR) is 77.5 cm³/mol. The fraction of sp³-hybridized carbons (Fsp3) is 0.400. The number of aryl methyl sites for hydroxylation is 1. The molecule has 1 aromatic carbocycles. The average molecular weight is 273 g/mol. The van der Waals surface area contributed by atoms with Gasteiger partial charge in [-0.05, 0) is 25.0 Å². The third-order valence-corrected chi connectivity index (χ3v) is 3.47. The predicted octanol–water partition coefficient (Wildman–Crippen LogP) is 2.23. The molecule has 2 heterocycles. The van der Waals surface area contributed by atoms with Gasteiger partial charge in [0.05, 0.1) is 12.3 Å². The number of rotatable bonds is 3. The van der Waals surface area contributed by atoms with Crippen LogP contribution in [0.5, 0.6) is 5.75 Å². The van der Waals surface area contributed by atoms with Gasteiger partial charge in [0, 0.05) is 25.3 Å². The van der Waals surface area contributed by atoms with E-state index in [-0.39, 0.29) is 6.10 Å². The summed E-state index contributed by atoms with van der Waals surface area (Å²) in [4.78, 5) is 0. The Morgan fingerprint density at radius 1 is 1.40 bits per heavy atom. The summed E-state index contributed by atoms with van der Waals surface area (Å²) in [5.41, 5.74) is 7.68. The molecule has 1 aliphatic rings. The quantitative estimate of drug-likeness (QED) is 0.931. The zero-order chi connectivity index (χ0) is 13.9. The van der Waals surface area contributed by atoms with Crippen molar-refractivity contribution >= 4 is 5.82 Å². The second-order valence-electron chi connectivity index (χ2n) is 5.06. The van der Waals surface area contributed by atoms with Gasteiger partial charge in [0.15, 0.2) is 0 Å². The van der Waals surface area contributed by atoms with Crippen molar-refractivity contribution in [2.75, 3.05) is 18.9 Å². The van der Waals surface area contributed by atoms with Crippen molar-refractivity contribution in [2.24, 2.45) is 7.05 Å². The standard InChI is InChI=1S/C15H19N3O2/c1-18-15(16)9-14(17-18)11-4-2-5-12(8-11)20-13-6-3-7-19-10-13/h2,4-5,8-9,13H,3,6-7,10,16H2,1H3. The van der Waals surface area contributed by atoms with E-state index in [4.69, 9.17) is 15.2 Å². The second-order valence-corrected chi connectivity index (χ2v) is 5.06. The highest BCUT2D eigenvalue weighted by molar-refractivity contribution is 5.63. The minimum absolute atomic E-state index is 0.146. The van der Waals surface area contributed by atoms with Gasteiger partial charge in [-0.3, -0.25) is 4.68 Å². The van der Waals surface area contributed by atoms with Crippen molar-refractivity contribution in [3.8, 4) is 17.0 Å². The highest BCUT2D eigenvalue weighted by Crippen LogP contribution is 2.25. The van der Waals surface area contributed by atoms with Gasteiger partial charge < -0.3 is 15.2 Å². The van der Waals surface area contributed by atoms with E-state index in [1.165, 1.54) is 0 Å². The molecule has 1 aromatic heterocycles. The summed E-state index contributed by atoms with van der Waals surface area (Å²) in [6.45, 7) is 1.51. The van der Waals surface area contributed by atoms with E-state index >= 15 is 0 Å². The summed E-state index contributed by atoms with van der Waals surface area (Å²) < 4.78 is 13.1. The maximum atomic E-state index is 5.96. The maximum absolute atomic E-state index is 5.96. The average Bonchev–Trinajstić information content (AvgIpc) is 2.80. The van der Waals surface area contributed by atoms with Crippen LogP contribution in [-0.4, -0.2) is 29.1 Å². The van der Waals surface area contributed by atoms with Crippen LogP contribution < -0.4 is 10.5 Å².